The van der Waals surface area contributed by atoms with Gasteiger partial charge in [-0.1, -0.05) is 0 Å². The van der Waals surface area contributed by atoms with Crippen molar-refractivity contribution in [1.82, 2.24) is 9.78 Å². The largest absolute Gasteiger partial charge is 0.457 e. The van der Waals surface area contributed by atoms with Gasteiger partial charge in [-0.2, -0.15) is 19.1 Å². The number of nitrogens with zero attached hydrogens (tertiary/aromatic N) is 3. The second-order valence-corrected chi connectivity index (χ2v) is 7.32. The molecule has 0 unspecified atom stereocenters. The van der Waals surface area contributed by atoms with E-state index in [0.29, 0.717) is 11.3 Å². The minimum atomic E-state index is -3.57. The Morgan fingerprint density at radius 1 is 1.23 bits per heavy atom. The van der Waals surface area contributed by atoms with Crippen molar-refractivity contribution in [1.29, 1.82) is 5.26 Å². The summed E-state index contributed by atoms with van der Waals surface area (Å²) in [5.41, 5.74) is 0.818. The van der Waals surface area contributed by atoms with Crippen LogP contribution >= 0.6 is 0 Å². The van der Waals surface area contributed by atoms with Gasteiger partial charge >= 0.3 is 5.92 Å². The molecule has 0 saturated carbocycles. The van der Waals surface area contributed by atoms with Crippen molar-refractivity contribution < 1.29 is 22.7 Å². The molecule has 0 saturated heterocycles. The fourth-order valence-corrected chi connectivity index (χ4v) is 3.61. The zero-order chi connectivity index (χ0) is 21.6. The molecule has 152 valence electrons. The number of fused-ring (bicyclic) bond motifs is 1. The third kappa shape index (κ3) is 3.22. The summed E-state index contributed by atoms with van der Waals surface area (Å²) in [6, 6.07) is 9.79. The van der Waals surface area contributed by atoms with Gasteiger partial charge in [0.15, 0.2) is 0 Å². The first-order valence-electron chi connectivity index (χ1n) is 9.22. The fourth-order valence-electron chi connectivity index (χ4n) is 3.61. The maximum atomic E-state index is 14.4. The molecule has 0 N–H and O–H groups in total. The summed E-state index contributed by atoms with van der Waals surface area (Å²) in [4.78, 5) is 12.5. The number of nitriles is 1. The van der Waals surface area contributed by atoms with Crippen LogP contribution in [0, 0.1) is 17.1 Å². The number of hydrogen-bond donors (Lipinski definition) is 0. The monoisotopic (exact) mass is 411 g/mol. The molecule has 0 aliphatic heterocycles. The molecule has 3 aromatic rings. The Morgan fingerprint density at radius 3 is 2.70 bits per heavy atom. The predicted molar refractivity (Wildman–Crippen MR) is 102 cm³/mol. The van der Waals surface area contributed by atoms with E-state index in [0.717, 1.165) is 12.1 Å². The number of hydrogen-bond acceptors (Lipinski definition) is 4. The van der Waals surface area contributed by atoms with E-state index in [1.54, 1.807) is 16.9 Å². The van der Waals surface area contributed by atoms with E-state index in [4.69, 9.17) is 10.00 Å². The van der Waals surface area contributed by atoms with Crippen LogP contribution in [0.2, 0.25) is 0 Å². The number of benzene rings is 2. The normalized spacial score (nSPS) is 14.6. The third-order valence-electron chi connectivity index (χ3n) is 4.89. The molecule has 1 heterocycles. The van der Waals surface area contributed by atoms with E-state index in [1.807, 2.05) is 19.9 Å². The summed E-state index contributed by atoms with van der Waals surface area (Å²) in [6.45, 7) is 3.78. The fraction of sp³-hybridized carbons (Fsp3) is 0.227. The summed E-state index contributed by atoms with van der Waals surface area (Å²) in [6.07, 6.45) is 0.723. The van der Waals surface area contributed by atoms with Crippen LogP contribution in [-0.4, -0.2) is 21.5 Å². The Bertz CT molecular complexity index is 1210. The Balaban J connectivity index is 1.86. The number of carbonyl (C=O) groups is 1. The molecule has 1 aromatic heterocycles. The van der Waals surface area contributed by atoms with Crippen LogP contribution in [0.5, 0.6) is 11.5 Å². The molecular weight excluding hydrogens is 395 g/mol. The summed E-state index contributed by atoms with van der Waals surface area (Å²) < 4.78 is 49.8. The lowest BCUT2D eigenvalue weighted by Gasteiger charge is -2.16. The van der Waals surface area contributed by atoms with Crippen molar-refractivity contribution in [2.24, 2.45) is 0 Å². The maximum absolute atomic E-state index is 14.4. The van der Waals surface area contributed by atoms with Crippen molar-refractivity contribution >= 4 is 5.78 Å². The van der Waals surface area contributed by atoms with Gasteiger partial charge in [0.05, 0.1) is 17.3 Å². The predicted octanol–water partition coefficient (Wildman–Crippen LogP) is 5.31. The van der Waals surface area contributed by atoms with E-state index in [-0.39, 0.29) is 34.2 Å². The SMILES string of the molecule is CC(C)n1nccc1-c1ccc(Oc2cc(F)cc(C#N)c2)c2c1C(=O)C(F)(F)C2. The topological polar surface area (TPSA) is 67.9 Å². The summed E-state index contributed by atoms with van der Waals surface area (Å²) in [7, 11) is 0. The highest BCUT2D eigenvalue weighted by Crippen LogP contribution is 2.45. The van der Waals surface area contributed by atoms with Crippen molar-refractivity contribution in [2.75, 3.05) is 0 Å². The summed E-state index contributed by atoms with van der Waals surface area (Å²) >= 11 is 0. The number of alkyl halides is 2. The maximum Gasteiger partial charge on any atom is 0.313 e. The van der Waals surface area contributed by atoms with Gasteiger partial charge in [0, 0.05) is 41.4 Å². The minimum absolute atomic E-state index is 0.0172. The lowest BCUT2D eigenvalue weighted by molar-refractivity contribution is 0.0167. The number of ketones is 1. The van der Waals surface area contributed by atoms with Crippen molar-refractivity contribution in [2.45, 2.75) is 32.2 Å². The van der Waals surface area contributed by atoms with Gasteiger partial charge in [-0.3, -0.25) is 9.48 Å². The quantitative estimate of drug-likeness (QED) is 0.584. The number of carbonyl (C=O) groups excluding carboxylic acids is 1. The van der Waals surface area contributed by atoms with Gasteiger partial charge < -0.3 is 4.74 Å². The summed E-state index contributed by atoms with van der Waals surface area (Å²) in [5.74, 6) is -5.55. The zero-order valence-electron chi connectivity index (χ0n) is 16.1. The van der Waals surface area contributed by atoms with Gasteiger partial charge in [-0.25, -0.2) is 4.39 Å². The molecular formula is C22H16F3N3O2. The Morgan fingerprint density at radius 2 is 2.00 bits per heavy atom. The molecule has 1 aliphatic rings. The molecule has 2 aromatic carbocycles. The van der Waals surface area contributed by atoms with Crippen LogP contribution in [-0.2, 0) is 6.42 Å². The average molecular weight is 411 g/mol. The second-order valence-electron chi connectivity index (χ2n) is 7.32. The Hall–Kier alpha value is -3.60. The highest BCUT2D eigenvalue weighted by molar-refractivity contribution is 6.11. The smallest absolute Gasteiger partial charge is 0.313 e. The van der Waals surface area contributed by atoms with Gasteiger partial charge in [0.2, 0.25) is 5.78 Å². The van der Waals surface area contributed by atoms with E-state index in [9.17, 15) is 18.0 Å². The van der Waals surface area contributed by atoms with Crippen molar-refractivity contribution in [3.63, 3.8) is 0 Å². The highest BCUT2D eigenvalue weighted by atomic mass is 19.3. The van der Waals surface area contributed by atoms with E-state index in [1.165, 1.54) is 18.2 Å². The van der Waals surface area contributed by atoms with E-state index >= 15 is 0 Å². The first kappa shape index (κ1) is 19.7. The van der Waals surface area contributed by atoms with Crippen LogP contribution in [0.3, 0.4) is 0 Å². The molecule has 0 amide bonds. The van der Waals surface area contributed by atoms with Crippen LogP contribution in [0.15, 0.2) is 42.6 Å². The Kier molecular flexibility index (Phi) is 4.61. The van der Waals surface area contributed by atoms with Gasteiger partial charge in [-0.05, 0) is 44.2 Å². The van der Waals surface area contributed by atoms with Crippen LogP contribution in [0.1, 0.15) is 41.4 Å². The molecule has 5 nitrogen and oxygen atoms in total. The molecule has 30 heavy (non-hydrogen) atoms. The minimum Gasteiger partial charge on any atom is -0.457 e. The van der Waals surface area contributed by atoms with Crippen molar-refractivity contribution in [3.05, 3.63) is 65.1 Å². The lowest BCUT2D eigenvalue weighted by atomic mass is 9.99. The molecule has 0 radical (unpaired) electrons. The zero-order valence-corrected chi connectivity index (χ0v) is 16.1. The molecule has 0 atom stereocenters. The summed E-state index contributed by atoms with van der Waals surface area (Å²) in [5, 5.41) is 13.2. The Labute approximate surface area is 170 Å². The van der Waals surface area contributed by atoms with Gasteiger partial charge in [-0.15, -0.1) is 0 Å². The molecule has 8 heteroatoms. The number of rotatable bonds is 4. The standard InChI is InChI=1S/C22H16F3N3O2/c1-12(2)28-18(5-6-27-28)16-3-4-19(17-10-22(24,25)21(29)20(16)17)30-15-8-13(11-26)7-14(23)9-15/h3-9,12H,10H2,1-2H3. The van der Waals surface area contributed by atoms with E-state index in [2.05, 4.69) is 5.10 Å². The molecule has 1 aliphatic carbocycles. The molecule has 0 bridgehead atoms. The molecule has 0 fully saturated rings. The highest BCUT2D eigenvalue weighted by Gasteiger charge is 2.49. The van der Waals surface area contributed by atoms with Crippen molar-refractivity contribution in [3.8, 4) is 28.8 Å². The second kappa shape index (κ2) is 7.02. The molecule has 0 spiro atoms. The van der Waals surface area contributed by atoms with E-state index < -0.39 is 23.9 Å². The van der Waals surface area contributed by atoms with Crippen LogP contribution in [0.25, 0.3) is 11.3 Å². The number of ether oxygens (including phenoxy) is 1. The first-order valence-corrected chi connectivity index (χ1v) is 9.22. The van der Waals surface area contributed by atoms with Crippen LogP contribution < -0.4 is 4.74 Å². The first-order chi connectivity index (χ1) is 14.2. The number of halogens is 3. The number of Topliss-reactive ketones (excluding diaryl/α,β-unsaturated/α-hetero) is 1. The van der Waals surface area contributed by atoms with Gasteiger partial charge in [0.1, 0.15) is 17.3 Å². The average Bonchev–Trinajstić information content (AvgIpc) is 3.26. The number of aromatic nitrogens is 2. The van der Waals surface area contributed by atoms with Crippen LogP contribution in [0.4, 0.5) is 13.2 Å². The lowest BCUT2D eigenvalue weighted by Crippen LogP contribution is -2.24. The third-order valence-corrected chi connectivity index (χ3v) is 4.89. The molecule has 4 rings (SSSR count). The van der Waals surface area contributed by atoms with Gasteiger partial charge in [0.25, 0.3) is 0 Å².